The molecule has 0 unspecified atom stereocenters. The van der Waals surface area contributed by atoms with Crippen molar-refractivity contribution in [2.75, 3.05) is 13.1 Å². The van der Waals surface area contributed by atoms with Crippen molar-refractivity contribution in [1.82, 2.24) is 9.91 Å². The molecular formula is C20H17N5OS. The summed E-state index contributed by atoms with van der Waals surface area (Å²) in [5, 5.41) is 18.0. The number of rotatable bonds is 1. The van der Waals surface area contributed by atoms with Crippen molar-refractivity contribution in [2.45, 2.75) is 12.8 Å². The third-order valence-electron chi connectivity index (χ3n) is 4.94. The molecule has 2 aromatic rings. The van der Waals surface area contributed by atoms with Crippen molar-refractivity contribution in [3.05, 3.63) is 53.6 Å². The molecule has 3 aliphatic rings. The summed E-state index contributed by atoms with van der Waals surface area (Å²) in [5.74, 6) is -0.302. The minimum absolute atomic E-state index is 0.0830. The molecular weight excluding hydrogens is 358 g/mol. The quantitative estimate of drug-likeness (QED) is 0.774. The van der Waals surface area contributed by atoms with Crippen LogP contribution in [0, 0.1) is 5.41 Å². The van der Waals surface area contributed by atoms with E-state index in [1.165, 1.54) is 16.8 Å². The molecule has 7 heteroatoms. The Hall–Kier alpha value is -2.93. The summed E-state index contributed by atoms with van der Waals surface area (Å²) in [7, 11) is 0. The molecule has 0 radical (unpaired) electrons. The van der Waals surface area contributed by atoms with E-state index in [0.29, 0.717) is 5.17 Å². The number of amides is 1. The number of amidine groups is 3. The molecule has 3 aliphatic heterocycles. The minimum Gasteiger partial charge on any atom is -0.349 e. The average Bonchev–Trinajstić information content (AvgIpc) is 3.35. The van der Waals surface area contributed by atoms with E-state index in [2.05, 4.69) is 15.0 Å². The molecule has 0 atom stereocenters. The van der Waals surface area contributed by atoms with Crippen LogP contribution in [0.5, 0.6) is 0 Å². The van der Waals surface area contributed by atoms with Crippen molar-refractivity contribution in [1.29, 1.82) is 5.41 Å². The number of fused-ring (bicyclic) bond motifs is 2. The van der Waals surface area contributed by atoms with Crippen LogP contribution in [0.2, 0.25) is 0 Å². The van der Waals surface area contributed by atoms with Crippen LogP contribution in [-0.2, 0) is 4.79 Å². The van der Waals surface area contributed by atoms with Crippen LogP contribution < -0.4 is 0 Å². The Bertz CT molecular complexity index is 1060. The van der Waals surface area contributed by atoms with Crippen LogP contribution in [0.25, 0.3) is 16.8 Å². The highest BCUT2D eigenvalue weighted by atomic mass is 32.2. The molecule has 27 heavy (non-hydrogen) atoms. The highest BCUT2D eigenvalue weighted by Gasteiger charge is 2.37. The van der Waals surface area contributed by atoms with Gasteiger partial charge in [-0.2, -0.15) is 10.0 Å². The van der Waals surface area contributed by atoms with Gasteiger partial charge in [-0.1, -0.05) is 42.5 Å². The standard InChI is InChI=1S/C20H17N5OS/c21-17-16(12-14-8-5-7-13-6-1-2-9-15(13)14)18(26)22-19-25(17)23-20(27-19)24-10-3-4-11-24/h1-2,5-9,12,21H,3-4,10-11H2/b16-12+,21-17?. The Kier molecular flexibility index (Phi) is 3.82. The van der Waals surface area contributed by atoms with E-state index < -0.39 is 0 Å². The summed E-state index contributed by atoms with van der Waals surface area (Å²) in [6, 6.07) is 13.9. The molecule has 1 saturated heterocycles. The topological polar surface area (TPSA) is 72.1 Å². The van der Waals surface area contributed by atoms with E-state index in [-0.39, 0.29) is 17.3 Å². The van der Waals surface area contributed by atoms with Crippen LogP contribution in [0.4, 0.5) is 0 Å². The maximum absolute atomic E-state index is 12.6. The predicted molar refractivity (Wildman–Crippen MR) is 110 cm³/mol. The molecule has 1 amide bonds. The fourth-order valence-corrected chi connectivity index (χ4v) is 4.49. The Balaban J connectivity index is 1.54. The summed E-state index contributed by atoms with van der Waals surface area (Å²) in [4.78, 5) is 19.0. The molecule has 0 spiro atoms. The summed E-state index contributed by atoms with van der Waals surface area (Å²) >= 11 is 1.37. The molecule has 0 aliphatic carbocycles. The van der Waals surface area contributed by atoms with Crippen molar-refractivity contribution in [3.8, 4) is 0 Å². The van der Waals surface area contributed by atoms with Crippen molar-refractivity contribution in [3.63, 3.8) is 0 Å². The minimum atomic E-state index is -0.385. The molecule has 5 rings (SSSR count). The van der Waals surface area contributed by atoms with Crippen molar-refractivity contribution in [2.24, 2.45) is 10.1 Å². The second-order valence-corrected chi connectivity index (χ2v) is 7.60. The predicted octanol–water partition coefficient (Wildman–Crippen LogP) is 3.51. The lowest BCUT2D eigenvalue weighted by Gasteiger charge is -2.20. The van der Waals surface area contributed by atoms with Crippen LogP contribution >= 0.6 is 11.8 Å². The number of benzene rings is 2. The molecule has 0 aromatic heterocycles. The van der Waals surface area contributed by atoms with Gasteiger partial charge >= 0.3 is 0 Å². The number of hydrogen-bond donors (Lipinski definition) is 1. The Morgan fingerprint density at radius 3 is 2.67 bits per heavy atom. The SMILES string of the molecule is N=C1/C(=C\c2cccc3ccccc23)C(=O)N=C2SC(N3CCCC3)=NN12. The number of carbonyl (C=O) groups is 1. The summed E-state index contributed by atoms with van der Waals surface area (Å²) < 4.78 is 0. The van der Waals surface area contributed by atoms with E-state index >= 15 is 0 Å². The molecule has 0 saturated carbocycles. The fraction of sp³-hybridized carbons (Fsp3) is 0.200. The number of nitrogens with one attached hydrogen (secondary N) is 1. The number of carbonyl (C=O) groups excluding carboxylic acids is 1. The van der Waals surface area contributed by atoms with E-state index in [0.717, 1.165) is 47.4 Å². The highest BCUT2D eigenvalue weighted by molar-refractivity contribution is 8.26. The van der Waals surface area contributed by atoms with Crippen molar-refractivity contribution >= 4 is 50.7 Å². The summed E-state index contributed by atoms with van der Waals surface area (Å²) in [6.45, 7) is 1.93. The second-order valence-electron chi connectivity index (χ2n) is 6.67. The van der Waals surface area contributed by atoms with Crippen molar-refractivity contribution < 1.29 is 4.79 Å². The van der Waals surface area contributed by atoms with Crippen LogP contribution in [-0.4, -0.2) is 45.1 Å². The van der Waals surface area contributed by atoms with Gasteiger partial charge in [-0.15, -0.1) is 5.10 Å². The van der Waals surface area contributed by atoms with Gasteiger partial charge in [0.25, 0.3) is 5.91 Å². The summed E-state index contributed by atoms with van der Waals surface area (Å²) in [5.41, 5.74) is 1.16. The van der Waals surface area contributed by atoms with Gasteiger partial charge in [-0.05, 0) is 47.0 Å². The normalized spacial score (nSPS) is 21.1. The Labute approximate surface area is 160 Å². The molecule has 0 bridgehead atoms. The Morgan fingerprint density at radius 2 is 1.81 bits per heavy atom. The third-order valence-corrected chi connectivity index (χ3v) is 5.91. The number of thioether (sulfide) groups is 1. The van der Waals surface area contributed by atoms with Gasteiger partial charge in [0, 0.05) is 13.1 Å². The first kappa shape index (κ1) is 16.3. The number of likely N-dealkylation sites (tertiary alicyclic amines) is 1. The van der Waals surface area contributed by atoms with Crippen LogP contribution in [0.3, 0.4) is 0 Å². The molecule has 1 N–H and O–H groups in total. The maximum atomic E-state index is 12.6. The second kappa shape index (κ2) is 6.35. The lowest BCUT2D eigenvalue weighted by Crippen LogP contribution is -2.35. The van der Waals surface area contributed by atoms with Gasteiger partial charge in [-0.25, -0.2) is 0 Å². The zero-order valence-corrected chi connectivity index (χ0v) is 15.4. The first-order valence-electron chi connectivity index (χ1n) is 8.94. The molecule has 1 fully saturated rings. The van der Waals surface area contributed by atoms with E-state index in [1.54, 1.807) is 6.08 Å². The maximum Gasteiger partial charge on any atom is 0.283 e. The summed E-state index contributed by atoms with van der Waals surface area (Å²) in [6.07, 6.45) is 4.05. The number of hydrazone groups is 1. The zero-order chi connectivity index (χ0) is 18.4. The van der Waals surface area contributed by atoms with Crippen LogP contribution in [0.15, 0.2) is 58.1 Å². The first-order chi connectivity index (χ1) is 13.2. The van der Waals surface area contributed by atoms with Gasteiger partial charge in [0.2, 0.25) is 5.17 Å². The molecule has 6 nitrogen and oxygen atoms in total. The molecule has 2 aromatic carbocycles. The average molecular weight is 375 g/mol. The molecule has 3 heterocycles. The van der Waals surface area contributed by atoms with Gasteiger partial charge in [0.05, 0.1) is 5.57 Å². The number of nitrogens with zero attached hydrogens (tertiary/aromatic N) is 4. The lowest BCUT2D eigenvalue weighted by atomic mass is 10.0. The smallest absolute Gasteiger partial charge is 0.283 e. The van der Waals surface area contributed by atoms with Gasteiger partial charge in [0.1, 0.15) is 0 Å². The monoisotopic (exact) mass is 375 g/mol. The van der Waals surface area contributed by atoms with Gasteiger partial charge in [0.15, 0.2) is 11.0 Å². The number of aliphatic imine (C=N–C) groups is 1. The number of hydrogen-bond acceptors (Lipinski definition) is 5. The third kappa shape index (κ3) is 2.75. The van der Waals surface area contributed by atoms with E-state index in [1.807, 2.05) is 42.5 Å². The van der Waals surface area contributed by atoms with E-state index in [9.17, 15) is 4.79 Å². The van der Waals surface area contributed by atoms with E-state index in [4.69, 9.17) is 5.41 Å². The molecule has 134 valence electrons. The van der Waals surface area contributed by atoms with Crippen LogP contribution in [0.1, 0.15) is 18.4 Å². The lowest BCUT2D eigenvalue weighted by molar-refractivity contribution is -0.114. The first-order valence-corrected chi connectivity index (χ1v) is 9.75. The fourth-order valence-electron chi connectivity index (χ4n) is 3.55. The highest BCUT2D eigenvalue weighted by Crippen LogP contribution is 2.31. The van der Waals surface area contributed by atoms with Gasteiger partial charge < -0.3 is 4.90 Å². The zero-order valence-electron chi connectivity index (χ0n) is 14.6. The largest absolute Gasteiger partial charge is 0.349 e. The van der Waals surface area contributed by atoms with Gasteiger partial charge in [-0.3, -0.25) is 10.2 Å². The Morgan fingerprint density at radius 1 is 1.04 bits per heavy atom.